The largest absolute Gasteiger partial charge is 0.389 e. The van der Waals surface area contributed by atoms with Crippen molar-refractivity contribution >= 4 is 46.4 Å². The lowest BCUT2D eigenvalue weighted by molar-refractivity contribution is 0.0126. The highest BCUT2D eigenvalue weighted by Crippen LogP contribution is 2.31. The highest BCUT2D eigenvalue weighted by atomic mass is 35.5. The summed E-state index contributed by atoms with van der Waals surface area (Å²) in [6.07, 6.45) is -0.974. The maximum atomic E-state index is 12.3. The molecule has 0 saturated carbocycles. The fourth-order valence-corrected chi connectivity index (χ4v) is 3.37. The van der Waals surface area contributed by atoms with E-state index >= 15 is 0 Å². The van der Waals surface area contributed by atoms with Crippen molar-refractivity contribution < 1.29 is 19.4 Å². The number of carbonyl (C=O) groups excluding carboxylic acids is 2. The number of halogens is 2. The third-order valence-corrected chi connectivity index (χ3v) is 5.11. The number of β-amino-alcohol motifs (C(OH)–C–C–N with tert-alkyl or cyclic N) is 1. The molecule has 0 unspecified atom stereocenters. The molecule has 126 valence electrons. The van der Waals surface area contributed by atoms with E-state index in [1.807, 2.05) is 17.5 Å². The number of amides is 2. The van der Waals surface area contributed by atoms with E-state index in [-0.39, 0.29) is 34.3 Å². The molecule has 2 aromatic rings. The zero-order valence-corrected chi connectivity index (χ0v) is 14.7. The van der Waals surface area contributed by atoms with Crippen molar-refractivity contribution in [1.82, 2.24) is 4.90 Å². The van der Waals surface area contributed by atoms with Gasteiger partial charge in [0, 0.05) is 4.88 Å². The first kappa shape index (κ1) is 17.4. The molecule has 2 heterocycles. The molecule has 2 amide bonds. The normalized spacial score (nSPS) is 15.0. The predicted molar refractivity (Wildman–Crippen MR) is 91.8 cm³/mol. The van der Waals surface area contributed by atoms with Crippen molar-refractivity contribution in [3.05, 3.63) is 55.7 Å². The molecule has 0 aliphatic carbocycles. The van der Waals surface area contributed by atoms with Crippen molar-refractivity contribution in [2.45, 2.75) is 12.7 Å². The topological polar surface area (TPSA) is 66.8 Å². The quantitative estimate of drug-likeness (QED) is 0.775. The van der Waals surface area contributed by atoms with Crippen molar-refractivity contribution in [3.8, 4) is 0 Å². The molecule has 5 nitrogen and oxygen atoms in total. The number of aliphatic hydroxyl groups is 1. The summed E-state index contributed by atoms with van der Waals surface area (Å²) in [5.41, 5.74) is 0.391. The molecule has 1 aromatic carbocycles. The summed E-state index contributed by atoms with van der Waals surface area (Å²) in [4.78, 5) is 26.7. The van der Waals surface area contributed by atoms with Crippen LogP contribution < -0.4 is 0 Å². The lowest BCUT2D eigenvalue weighted by atomic mass is 10.1. The minimum Gasteiger partial charge on any atom is -0.389 e. The Bertz CT molecular complexity index is 738. The number of thiophene rings is 1. The molecule has 3 rings (SSSR count). The maximum absolute atomic E-state index is 12.3. The third-order valence-electron chi connectivity index (χ3n) is 3.54. The molecule has 0 fully saturated rings. The average molecular weight is 386 g/mol. The van der Waals surface area contributed by atoms with Crippen LogP contribution in [-0.2, 0) is 11.3 Å². The molecule has 8 heteroatoms. The lowest BCUT2D eigenvalue weighted by Crippen LogP contribution is -2.38. The molecule has 0 spiro atoms. The van der Waals surface area contributed by atoms with Gasteiger partial charge in [-0.25, -0.2) is 0 Å². The van der Waals surface area contributed by atoms with Crippen LogP contribution >= 0.6 is 34.5 Å². The van der Waals surface area contributed by atoms with E-state index < -0.39 is 17.9 Å². The summed E-state index contributed by atoms with van der Waals surface area (Å²) in [7, 11) is 0. The Hall–Kier alpha value is -1.44. The van der Waals surface area contributed by atoms with E-state index in [0.717, 1.165) is 9.78 Å². The highest BCUT2D eigenvalue weighted by Gasteiger charge is 2.37. The summed E-state index contributed by atoms with van der Waals surface area (Å²) < 4.78 is 5.40. The van der Waals surface area contributed by atoms with E-state index in [4.69, 9.17) is 27.9 Å². The Morgan fingerprint density at radius 2 is 1.79 bits per heavy atom. The predicted octanol–water partition coefficient (Wildman–Crippen LogP) is 3.23. The molecule has 1 atom stereocenters. The van der Waals surface area contributed by atoms with Crippen LogP contribution in [0.25, 0.3) is 0 Å². The summed E-state index contributed by atoms with van der Waals surface area (Å²) in [6.45, 7) is 0.251. The number of benzene rings is 1. The van der Waals surface area contributed by atoms with Gasteiger partial charge in [0.15, 0.2) is 0 Å². The minimum atomic E-state index is -0.974. The van der Waals surface area contributed by atoms with Crippen LogP contribution in [0, 0.1) is 0 Å². The zero-order chi connectivity index (χ0) is 17.3. The monoisotopic (exact) mass is 385 g/mol. The van der Waals surface area contributed by atoms with Gasteiger partial charge >= 0.3 is 0 Å². The summed E-state index contributed by atoms with van der Waals surface area (Å²) in [5, 5.41) is 12.4. The molecule has 0 bridgehead atoms. The minimum absolute atomic E-state index is 0.0207. The van der Waals surface area contributed by atoms with Crippen LogP contribution in [0.15, 0.2) is 29.6 Å². The van der Waals surface area contributed by atoms with E-state index in [9.17, 15) is 14.7 Å². The van der Waals surface area contributed by atoms with Crippen molar-refractivity contribution in [2.75, 3.05) is 13.2 Å². The standard InChI is InChI=1S/C16H13Cl2NO4S/c17-13-4-11-12(5-14(13)18)16(22)19(15(11)21)6-9(20)7-23-8-10-2-1-3-24-10/h1-5,9,20H,6-8H2/t9-/m1/s1. The van der Waals surface area contributed by atoms with Gasteiger partial charge in [-0.15, -0.1) is 11.3 Å². The first-order valence-electron chi connectivity index (χ1n) is 7.11. The first-order valence-corrected chi connectivity index (χ1v) is 8.74. The van der Waals surface area contributed by atoms with Crippen LogP contribution in [0.2, 0.25) is 10.0 Å². The number of hydrogen-bond acceptors (Lipinski definition) is 5. The fraction of sp³-hybridized carbons (Fsp3) is 0.250. The number of fused-ring (bicyclic) bond motifs is 1. The lowest BCUT2D eigenvalue weighted by Gasteiger charge is -2.18. The highest BCUT2D eigenvalue weighted by molar-refractivity contribution is 7.09. The van der Waals surface area contributed by atoms with Gasteiger partial charge in [0.05, 0.1) is 47.0 Å². The van der Waals surface area contributed by atoms with E-state index in [0.29, 0.717) is 6.61 Å². The molecule has 1 aliphatic heterocycles. The molecule has 24 heavy (non-hydrogen) atoms. The van der Waals surface area contributed by atoms with E-state index in [1.165, 1.54) is 12.1 Å². The fourth-order valence-electron chi connectivity index (χ4n) is 2.40. The molecule has 1 aliphatic rings. The number of imide groups is 1. The van der Waals surface area contributed by atoms with Crippen LogP contribution in [0.5, 0.6) is 0 Å². The molecule has 1 N–H and O–H groups in total. The van der Waals surface area contributed by atoms with Gasteiger partial charge in [-0.2, -0.15) is 0 Å². The average Bonchev–Trinajstić information content (AvgIpc) is 3.13. The smallest absolute Gasteiger partial charge is 0.261 e. The third kappa shape index (κ3) is 3.48. The number of hydrogen-bond donors (Lipinski definition) is 1. The summed E-state index contributed by atoms with van der Waals surface area (Å²) >= 11 is 13.3. The molecular formula is C16H13Cl2NO4S. The SMILES string of the molecule is O=C1c2cc(Cl)c(Cl)cc2C(=O)N1C[C@@H](O)COCc1cccs1. The van der Waals surface area contributed by atoms with Crippen molar-refractivity contribution in [1.29, 1.82) is 0 Å². The first-order chi connectivity index (χ1) is 11.5. The van der Waals surface area contributed by atoms with Gasteiger partial charge in [0.2, 0.25) is 0 Å². The Morgan fingerprint density at radius 1 is 1.17 bits per heavy atom. The van der Waals surface area contributed by atoms with Gasteiger partial charge in [-0.3, -0.25) is 14.5 Å². The number of nitrogens with zero attached hydrogens (tertiary/aromatic N) is 1. The number of ether oxygens (including phenoxy) is 1. The number of aliphatic hydroxyl groups excluding tert-OH is 1. The molecular weight excluding hydrogens is 373 g/mol. The molecule has 0 saturated heterocycles. The Balaban J connectivity index is 1.61. The number of rotatable bonds is 6. The van der Waals surface area contributed by atoms with Gasteiger partial charge in [0.1, 0.15) is 0 Å². The van der Waals surface area contributed by atoms with E-state index in [1.54, 1.807) is 11.3 Å². The Morgan fingerprint density at radius 3 is 2.33 bits per heavy atom. The molecule has 0 radical (unpaired) electrons. The Labute approximate surface area is 152 Å². The number of carbonyl (C=O) groups is 2. The van der Waals surface area contributed by atoms with Gasteiger partial charge in [-0.05, 0) is 23.6 Å². The second kappa shape index (κ2) is 7.21. The van der Waals surface area contributed by atoms with Gasteiger partial charge < -0.3 is 9.84 Å². The van der Waals surface area contributed by atoms with Crippen LogP contribution in [-0.4, -0.2) is 41.1 Å². The van der Waals surface area contributed by atoms with Crippen molar-refractivity contribution in [2.24, 2.45) is 0 Å². The van der Waals surface area contributed by atoms with Crippen LogP contribution in [0.1, 0.15) is 25.6 Å². The van der Waals surface area contributed by atoms with E-state index in [2.05, 4.69) is 0 Å². The molecule has 1 aromatic heterocycles. The Kier molecular flexibility index (Phi) is 5.22. The zero-order valence-electron chi connectivity index (χ0n) is 12.4. The maximum Gasteiger partial charge on any atom is 0.261 e. The second-order valence-corrected chi connectivity index (χ2v) is 7.13. The summed E-state index contributed by atoms with van der Waals surface area (Å²) in [5.74, 6) is -0.989. The summed E-state index contributed by atoms with van der Waals surface area (Å²) in [6, 6.07) is 6.59. The van der Waals surface area contributed by atoms with Gasteiger partial charge in [-0.1, -0.05) is 29.3 Å². The van der Waals surface area contributed by atoms with Gasteiger partial charge in [0.25, 0.3) is 11.8 Å². The van der Waals surface area contributed by atoms with Crippen LogP contribution in [0.3, 0.4) is 0 Å². The van der Waals surface area contributed by atoms with Crippen LogP contribution in [0.4, 0.5) is 0 Å². The second-order valence-electron chi connectivity index (χ2n) is 5.28. The van der Waals surface area contributed by atoms with Crippen molar-refractivity contribution in [3.63, 3.8) is 0 Å².